The molecule has 0 aliphatic carbocycles. The minimum atomic E-state index is 0.108. The molecule has 1 saturated heterocycles. The molecule has 2 atom stereocenters. The van der Waals surface area contributed by atoms with E-state index in [0.717, 1.165) is 38.2 Å². The molecule has 0 aromatic carbocycles. The zero-order chi connectivity index (χ0) is 14.5. The van der Waals surface area contributed by atoms with Gasteiger partial charge in [-0.3, -0.25) is 9.69 Å². The first-order valence-electron chi connectivity index (χ1n) is 7.70. The Morgan fingerprint density at radius 2 is 2.20 bits per heavy atom. The Kier molecular flexibility index (Phi) is 5.24. The highest BCUT2D eigenvalue weighted by Crippen LogP contribution is 2.34. The first-order valence-corrected chi connectivity index (χ1v) is 7.70. The molecule has 1 aliphatic heterocycles. The summed E-state index contributed by atoms with van der Waals surface area (Å²) in [6.07, 6.45) is 3.78. The summed E-state index contributed by atoms with van der Waals surface area (Å²) in [6.45, 7) is 9.63. The van der Waals surface area contributed by atoms with E-state index < -0.39 is 0 Å². The van der Waals surface area contributed by atoms with Crippen molar-refractivity contribution in [3.63, 3.8) is 0 Å². The van der Waals surface area contributed by atoms with Crippen LogP contribution in [-0.4, -0.2) is 41.9 Å². The van der Waals surface area contributed by atoms with Crippen molar-refractivity contribution in [1.29, 1.82) is 0 Å². The highest BCUT2D eigenvalue weighted by Gasteiger charge is 2.32. The molecule has 0 bridgehead atoms. The number of carbonyl (C=O) groups excluding carboxylic acids is 1. The number of hydrogen-bond donors (Lipinski definition) is 0. The third-order valence-corrected chi connectivity index (χ3v) is 4.31. The lowest BCUT2D eigenvalue weighted by Gasteiger charge is -2.38. The molecular formula is C16H26N2O2. The molecule has 1 aromatic heterocycles. The molecule has 0 unspecified atom stereocenters. The number of nitrogens with zero attached hydrogens (tertiary/aromatic N) is 2. The van der Waals surface area contributed by atoms with Gasteiger partial charge in [-0.05, 0) is 44.0 Å². The van der Waals surface area contributed by atoms with Crippen LogP contribution in [0.1, 0.15) is 45.4 Å². The zero-order valence-electron chi connectivity index (χ0n) is 12.8. The Morgan fingerprint density at radius 1 is 1.45 bits per heavy atom. The number of likely N-dealkylation sites (tertiary alicyclic amines) is 1. The van der Waals surface area contributed by atoms with Gasteiger partial charge in [0.15, 0.2) is 0 Å². The van der Waals surface area contributed by atoms with Crippen molar-refractivity contribution in [2.24, 2.45) is 5.92 Å². The summed E-state index contributed by atoms with van der Waals surface area (Å²) in [4.78, 5) is 16.8. The number of hydrogen-bond acceptors (Lipinski definition) is 3. The second-order valence-electron chi connectivity index (χ2n) is 5.71. The van der Waals surface area contributed by atoms with Crippen LogP contribution in [0.2, 0.25) is 0 Å². The van der Waals surface area contributed by atoms with Gasteiger partial charge in [-0.1, -0.05) is 20.8 Å². The van der Waals surface area contributed by atoms with Crippen molar-refractivity contribution in [3.8, 4) is 0 Å². The van der Waals surface area contributed by atoms with E-state index in [1.54, 1.807) is 6.26 Å². The van der Waals surface area contributed by atoms with Gasteiger partial charge in [-0.25, -0.2) is 0 Å². The molecule has 0 spiro atoms. The molecule has 0 saturated carbocycles. The molecule has 2 rings (SSSR count). The lowest BCUT2D eigenvalue weighted by atomic mass is 9.91. The van der Waals surface area contributed by atoms with Gasteiger partial charge < -0.3 is 9.32 Å². The van der Waals surface area contributed by atoms with Gasteiger partial charge in [0.1, 0.15) is 5.76 Å². The number of carbonyl (C=O) groups is 1. The van der Waals surface area contributed by atoms with Crippen LogP contribution in [0.5, 0.6) is 0 Å². The van der Waals surface area contributed by atoms with Gasteiger partial charge in [0.05, 0.1) is 18.8 Å². The van der Waals surface area contributed by atoms with E-state index in [1.165, 1.54) is 0 Å². The fourth-order valence-electron chi connectivity index (χ4n) is 2.92. The maximum atomic E-state index is 12.6. The predicted molar refractivity (Wildman–Crippen MR) is 79.3 cm³/mol. The average molecular weight is 278 g/mol. The Labute approximate surface area is 121 Å². The van der Waals surface area contributed by atoms with E-state index >= 15 is 0 Å². The van der Waals surface area contributed by atoms with E-state index in [9.17, 15) is 4.79 Å². The number of rotatable bonds is 5. The Balaban J connectivity index is 2.09. The van der Waals surface area contributed by atoms with Crippen molar-refractivity contribution in [1.82, 2.24) is 9.80 Å². The van der Waals surface area contributed by atoms with Gasteiger partial charge in [-0.15, -0.1) is 0 Å². The fraction of sp³-hybridized carbons (Fsp3) is 0.688. The molecule has 2 heterocycles. The maximum Gasteiger partial charge on any atom is 0.237 e. The van der Waals surface area contributed by atoms with Crippen molar-refractivity contribution in [2.75, 3.05) is 26.2 Å². The first-order chi connectivity index (χ1) is 9.65. The zero-order valence-corrected chi connectivity index (χ0v) is 12.8. The first kappa shape index (κ1) is 15.1. The predicted octanol–water partition coefficient (Wildman–Crippen LogP) is 2.92. The lowest BCUT2D eigenvalue weighted by Crippen LogP contribution is -2.45. The van der Waals surface area contributed by atoms with E-state index in [1.807, 2.05) is 17.0 Å². The lowest BCUT2D eigenvalue weighted by molar-refractivity contribution is -0.137. The second-order valence-corrected chi connectivity index (χ2v) is 5.71. The molecule has 4 nitrogen and oxygen atoms in total. The molecule has 4 heteroatoms. The SMILES string of the molecule is CCN(CC)CC(=O)N1CC[C@H](C)C[C@H]1c1ccco1. The Bertz CT molecular complexity index is 412. The molecular weight excluding hydrogens is 252 g/mol. The largest absolute Gasteiger partial charge is 0.467 e. The minimum absolute atomic E-state index is 0.108. The van der Waals surface area contributed by atoms with Crippen molar-refractivity contribution >= 4 is 5.91 Å². The van der Waals surface area contributed by atoms with Crippen LogP contribution < -0.4 is 0 Å². The number of likely N-dealkylation sites (N-methyl/N-ethyl adjacent to an activating group) is 1. The van der Waals surface area contributed by atoms with E-state index in [2.05, 4.69) is 25.7 Å². The second kappa shape index (κ2) is 6.93. The summed E-state index contributed by atoms with van der Waals surface area (Å²) in [7, 11) is 0. The highest BCUT2D eigenvalue weighted by atomic mass is 16.3. The molecule has 112 valence electrons. The summed E-state index contributed by atoms with van der Waals surface area (Å²) in [5.41, 5.74) is 0. The van der Waals surface area contributed by atoms with Crippen LogP contribution in [0, 0.1) is 5.92 Å². The third kappa shape index (κ3) is 3.42. The van der Waals surface area contributed by atoms with Gasteiger partial charge in [0, 0.05) is 6.54 Å². The van der Waals surface area contributed by atoms with Crippen molar-refractivity contribution in [3.05, 3.63) is 24.2 Å². The van der Waals surface area contributed by atoms with Crippen molar-refractivity contribution < 1.29 is 9.21 Å². The van der Waals surface area contributed by atoms with Gasteiger partial charge >= 0.3 is 0 Å². The summed E-state index contributed by atoms with van der Waals surface area (Å²) in [5, 5.41) is 0. The maximum absolute atomic E-state index is 12.6. The molecule has 20 heavy (non-hydrogen) atoms. The minimum Gasteiger partial charge on any atom is -0.467 e. The number of furan rings is 1. The number of amides is 1. The molecule has 1 aliphatic rings. The molecule has 0 N–H and O–H groups in total. The van der Waals surface area contributed by atoms with Crippen LogP contribution in [0.15, 0.2) is 22.8 Å². The number of piperidine rings is 1. The van der Waals surface area contributed by atoms with E-state index in [-0.39, 0.29) is 11.9 Å². The summed E-state index contributed by atoms with van der Waals surface area (Å²) >= 11 is 0. The molecule has 1 amide bonds. The molecule has 0 radical (unpaired) electrons. The van der Waals surface area contributed by atoms with Crippen LogP contribution >= 0.6 is 0 Å². The highest BCUT2D eigenvalue weighted by molar-refractivity contribution is 5.78. The van der Waals surface area contributed by atoms with Crippen LogP contribution in [-0.2, 0) is 4.79 Å². The van der Waals surface area contributed by atoms with Crippen molar-refractivity contribution in [2.45, 2.75) is 39.7 Å². The van der Waals surface area contributed by atoms with Gasteiger partial charge in [0.25, 0.3) is 0 Å². The third-order valence-electron chi connectivity index (χ3n) is 4.31. The summed E-state index contributed by atoms with van der Waals surface area (Å²) < 4.78 is 5.55. The molecule has 1 fully saturated rings. The van der Waals surface area contributed by atoms with E-state index in [4.69, 9.17) is 4.42 Å². The van der Waals surface area contributed by atoms with Crippen LogP contribution in [0.25, 0.3) is 0 Å². The topological polar surface area (TPSA) is 36.7 Å². The Hall–Kier alpha value is -1.29. The monoisotopic (exact) mass is 278 g/mol. The van der Waals surface area contributed by atoms with Gasteiger partial charge in [-0.2, -0.15) is 0 Å². The fourth-order valence-corrected chi connectivity index (χ4v) is 2.92. The normalized spacial score (nSPS) is 23.3. The summed E-state index contributed by atoms with van der Waals surface area (Å²) in [6, 6.07) is 4.00. The smallest absolute Gasteiger partial charge is 0.237 e. The Morgan fingerprint density at radius 3 is 2.80 bits per heavy atom. The average Bonchev–Trinajstić information content (AvgIpc) is 2.98. The van der Waals surface area contributed by atoms with Crippen LogP contribution in [0.4, 0.5) is 0 Å². The quantitative estimate of drug-likeness (QED) is 0.831. The van der Waals surface area contributed by atoms with Crippen LogP contribution in [0.3, 0.4) is 0 Å². The molecule has 1 aromatic rings. The standard InChI is InChI=1S/C16H26N2O2/c1-4-17(5-2)12-16(19)18-9-8-13(3)11-14(18)15-7-6-10-20-15/h6-7,10,13-14H,4-5,8-9,11-12H2,1-3H3/t13-,14-/m0/s1. The van der Waals surface area contributed by atoms with Gasteiger partial charge in [0.2, 0.25) is 5.91 Å². The summed E-state index contributed by atoms with van der Waals surface area (Å²) in [5.74, 6) is 1.79. The van der Waals surface area contributed by atoms with E-state index in [0.29, 0.717) is 12.5 Å².